The summed E-state index contributed by atoms with van der Waals surface area (Å²) in [6, 6.07) is 0. The first-order valence-corrected chi connectivity index (χ1v) is 9.16. The van der Waals surface area contributed by atoms with E-state index in [4.69, 9.17) is 24.4 Å². The zero-order valence-corrected chi connectivity index (χ0v) is 16.0. The van der Waals surface area contributed by atoms with Gasteiger partial charge in [0, 0.05) is 12.8 Å². The Labute approximate surface area is 174 Å². The number of ether oxygens (including phenoxy) is 3. The summed E-state index contributed by atoms with van der Waals surface area (Å²) < 4.78 is 15.2. The number of aliphatic carboxylic acids is 2. The van der Waals surface area contributed by atoms with Crippen molar-refractivity contribution >= 4 is 11.9 Å². The molecule has 0 aromatic carbocycles. The van der Waals surface area contributed by atoms with Gasteiger partial charge in [0.25, 0.3) is 11.6 Å². The third kappa shape index (κ3) is 4.96. The normalized spacial score (nSPS) is 43.2. The monoisotopic (exact) mass is 458 g/mol. The van der Waals surface area contributed by atoms with Gasteiger partial charge in [-0.3, -0.25) is 0 Å². The number of carboxylic acid groups (broad SMARTS) is 2. The molecule has 15 nitrogen and oxygen atoms in total. The molecule has 0 aliphatic carbocycles. The fourth-order valence-corrected chi connectivity index (χ4v) is 3.48. The van der Waals surface area contributed by atoms with E-state index in [1.54, 1.807) is 0 Å². The van der Waals surface area contributed by atoms with Crippen LogP contribution < -0.4 is 0 Å². The van der Waals surface area contributed by atoms with E-state index in [0.717, 1.165) is 0 Å². The van der Waals surface area contributed by atoms with Crippen molar-refractivity contribution in [2.45, 2.75) is 73.2 Å². The van der Waals surface area contributed by atoms with E-state index in [0.29, 0.717) is 0 Å². The molecule has 0 aromatic rings. The predicted octanol–water partition coefficient (Wildman–Crippen LogP) is -5.71. The molecule has 10 N–H and O–H groups in total. The molecule has 0 aromatic heterocycles. The predicted molar refractivity (Wildman–Crippen MR) is 91.0 cm³/mol. The minimum Gasteiger partial charge on any atom is -0.477 e. The summed E-state index contributed by atoms with van der Waals surface area (Å²) in [6.07, 6.45) is -17.2. The van der Waals surface area contributed by atoms with Gasteiger partial charge in [-0.15, -0.1) is 0 Å². The Hall–Kier alpha value is -1.50. The van der Waals surface area contributed by atoms with Crippen molar-refractivity contribution in [3.8, 4) is 0 Å². The van der Waals surface area contributed by atoms with Crippen LogP contribution in [0.4, 0.5) is 0 Å². The second-order valence-electron chi connectivity index (χ2n) is 7.43. The van der Waals surface area contributed by atoms with E-state index in [1.165, 1.54) is 0 Å². The summed E-state index contributed by atoms with van der Waals surface area (Å²) in [5.74, 6) is -9.83. The van der Waals surface area contributed by atoms with Crippen LogP contribution >= 0.6 is 0 Å². The van der Waals surface area contributed by atoms with Gasteiger partial charge in [0.1, 0.15) is 36.6 Å². The number of hydrogen-bond donors (Lipinski definition) is 10. The highest BCUT2D eigenvalue weighted by Crippen LogP contribution is 2.38. The molecule has 2 aliphatic rings. The molecule has 1 unspecified atom stereocenters. The average Bonchev–Trinajstić information content (AvgIpc) is 2.71. The summed E-state index contributed by atoms with van der Waals surface area (Å²) >= 11 is 0. The topological polar surface area (TPSA) is 264 Å². The largest absolute Gasteiger partial charge is 0.477 e. The van der Waals surface area contributed by atoms with Crippen LogP contribution in [0, 0.1) is 0 Å². The highest BCUT2D eigenvalue weighted by atomic mass is 16.7. The van der Waals surface area contributed by atoms with Gasteiger partial charge in [0.15, 0.2) is 0 Å². The van der Waals surface area contributed by atoms with Gasteiger partial charge in [0.05, 0.1) is 25.4 Å². The van der Waals surface area contributed by atoms with Crippen molar-refractivity contribution in [2.75, 3.05) is 13.2 Å². The summed E-state index contributed by atoms with van der Waals surface area (Å²) in [4.78, 5) is 23.4. The van der Waals surface area contributed by atoms with Crippen molar-refractivity contribution in [3.05, 3.63) is 0 Å². The first-order chi connectivity index (χ1) is 14.3. The maximum Gasteiger partial charge on any atom is 0.364 e. The van der Waals surface area contributed by atoms with Crippen LogP contribution in [0.15, 0.2) is 0 Å². The number of aliphatic hydroxyl groups is 8. The lowest BCUT2D eigenvalue weighted by atomic mass is 9.90. The van der Waals surface area contributed by atoms with Crippen molar-refractivity contribution in [2.24, 2.45) is 0 Å². The van der Waals surface area contributed by atoms with Crippen LogP contribution in [0.5, 0.6) is 0 Å². The van der Waals surface area contributed by atoms with E-state index in [2.05, 4.69) is 0 Å². The van der Waals surface area contributed by atoms with Crippen molar-refractivity contribution in [1.29, 1.82) is 0 Å². The minimum absolute atomic E-state index is 0.957. The molecule has 2 fully saturated rings. The molecule has 31 heavy (non-hydrogen) atoms. The van der Waals surface area contributed by atoms with Crippen molar-refractivity contribution in [3.63, 3.8) is 0 Å². The molecule has 0 amide bonds. The fourth-order valence-electron chi connectivity index (χ4n) is 3.48. The Morgan fingerprint density at radius 2 is 1.42 bits per heavy atom. The Bertz CT molecular complexity index is 659. The molecule has 0 radical (unpaired) electrons. The highest BCUT2D eigenvalue weighted by Gasteiger charge is 2.59. The lowest BCUT2D eigenvalue weighted by Gasteiger charge is -2.48. The summed E-state index contributed by atoms with van der Waals surface area (Å²) in [5, 5.41) is 97.4. The van der Waals surface area contributed by atoms with Crippen molar-refractivity contribution in [1.82, 2.24) is 0 Å². The summed E-state index contributed by atoms with van der Waals surface area (Å²) in [5.41, 5.74) is 0. The van der Waals surface area contributed by atoms with Crippen LogP contribution in [0.25, 0.3) is 0 Å². The van der Waals surface area contributed by atoms with Crippen molar-refractivity contribution < 1.29 is 74.9 Å². The van der Waals surface area contributed by atoms with Gasteiger partial charge in [-0.2, -0.15) is 0 Å². The maximum absolute atomic E-state index is 12.0. The zero-order chi connectivity index (χ0) is 23.7. The molecule has 2 rings (SSSR count). The van der Waals surface area contributed by atoms with Crippen LogP contribution in [0.3, 0.4) is 0 Å². The maximum atomic E-state index is 12.0. The molecule has 180 valence electrons. The van der Waals surface area contributed by atoms with Gasteiger partial charge in [-0.25, -0.2) is 9.59 Å². The Kier molecular flexibility index (Phi) is 7.94. The summed E-state index contributed by atoms with van der Waals surface area (Å²) in [7, 11) is 0. The molecular formula is C16H26O15. The smallest absolute Gasteiger partial charge is 0.364 e. The van der Waals surface area contributed by atoms with Gasteiger partial charge in [-0.1, -0.05) is 0 Å². The lowest BCUT2D eigenvalue weighted by molar-refractivity contribution is -0.369. The van der Waals surface area contributed by atoms with E-state index >= 15 is 0 Å². The highest BCUT2D eigenvalue weighted by molar-refractivity contribution is 5.76. The van der Waals surface area contributed by atoms with E-state index in [9.17, 15) is 50.4 Å². The second kappa shape index (κ2) is 9.55. The fraction of sp³-hybridized carbons (Fsp3) is 0.875. The Balaban J connectivity index is 2.41. The molecule has 0 saturated carbocycles. The Morgan fingerprint density at radius 1 is 0.903 bits per heavy atom. The number of hydrogen-bond acceptors (Lipinski definition) is 13. The van der Waals surface area contributed by atoms with Gasteiger partial charge in [-0.05, 0) is 0 Å². The molecule has 0 spiro atoms. The number of rotatable bonds is 8. The number of aliphatic hydroxyl groups excluding tert-OH is 7. The third-order valence-corrected chi connectivity index (χ3v) is 5.20. The first kappa shape index (κ1) is 25.8. The zero-order valence-electron chi connectivity index (χ0n) is 16.0. The average molecular weight is 458 g/mol. The van der Waals surface area contributed by atoms with Gasteiger partial charge >= 0.3 is 11.9 Å². The second-order valence-corrected chi connectivity index (χ2v) is 7.43. The lowest BCUT2D eigenvalue weighted by Crippen LogP contribution is -2.67. The third-order valence-electron chi connectivity index (χ3n) is 5.20. The summed E-state index contributed by atoms with van der Waals surface area (Å²) in [6.45, 7) is -2.02. The SMILES string of the molecule is O=C(O)C1(O)C[C@@H](O[C@@]2(C(=O)O)C[C@@H](O)[C@@H](O)[C@@H]([C@H](O)CO)O2)[C@@H](O)[C@@H]([C@H](O)CO)O1. The van der Waals surface area contributed by atoms with E-state index in [1.807, 2.05) is 0 Å². The van der Waals surface area contributed by atoms with E-state index in [-0.39, 0.29) is 0 Å². The van der Waals surface area contributed by atoms with Crippen LogP contribution in [0.2, 0.25) is 0 Å². The van der Waals surface area contributed by atoms with Crippen LogP contribution in [-0.4, -0.2) is 137 Å². The molecular weight excluding hydrogens is 432 g/mol. The molecule has 0 bridgehead atoms. The Morgan fingerprint density at radius 3 is 1.87 bits per heavy atom. The molecule has 2 aliphatic heterocycles. The van der Waals surface area contributed by atoms with Gasteiger partial charge < -0.3 is 65.3 Å². The number of carbonyl (C=O) groups is 2. The number of carboxylic acids is 2. The van der Waals surface area contributed by atoms with Crippen LogP contribution in [-0.2, 0) is 23.8 Å². The standard InChI is InChI=1S/C16H26O15/c17-3-6(20)11-9(22)5(19)1-16(31-11,14(26)27)29-8-2-15(28,13(24)25)30-12(10(8)23)7(21)4-18/h5-12,17-23,28H,1-4H2,(H,24,25)(H,26,27)/t5-,6-,7-,8-,9-,10-,11-,12-,15?,16+/m1/s1. The minimum atomic E-state index is -3.07. The molecule has 2 heterocycles. The quantitative estimate of drug-likeness (QED) is 0.162. The van der Waals surface area contributed by atoms with Crippen LogP contribution in [0.1, 0.15) is 12.8 Å². The molecule has 15 heteroatoms. The molecule has 10 atom stereocenters. The first-order valence-electron chi connectivity index (χ1n) is 9.16. The van der Waals surface area contributed by atoms with Gasteiger partial charge in [0.2, 0.25) is 0 Å². The molecule has 2 saturated heterocycles. The van der Waals surface area contributed by atoms with E-state index < -0.39 is 98.4 Å².